The second kappa shape index (κ2) is 10.7. The minimum atomic E-state index is -0.550. The van der Waals surface area contributed by atoms with Crippen molar-refractivity contribution in [3.05, 3.63) is 86.6 Å². The second-order valence-corrected chi connectivity index (χ2v) is 6.73. The highest BCUT2D eigenvalue weighted by atomic mass is 35.5. The summed E-state index contributed by atoms with van der Waals surface area (Å²) in [7, 11) is 0. The first-order chi connectivity index (χ1) is 15.5. The molecule has 3 rings (SSSR count). The number of hydrogen-bond donors (Lipinski definition) is 1. The van der Waals surface area contributed by atoms with E-state index in [2.05, 4.69) is 21.6 Å². The van der Waals surface area contributed by atoms with Crippen LogP contribution in [0.3, 0.4) is 0 Å². The monoisotopic (exact) mass is 451 g/mol. The van der Waals surface area contributed by atoms with Crippen LogP contribution >= 0.6 is 11.6 Å². The molecule has 0 radical (unpaired) electrons. The highest BCUT2D eigenvalue weighted by molar-refractivity contribution is 6.32. The van der Waals surface area contributed by atoms with E-state index >= 15 is 0 Å². The van der Waals surface area contributed by atoms with E-state index in [-0.39, 0.29) is 23.1 Å². The van der Waals surface area contributed by atoms with Crippen LogP contribution in [-0.4, -0.2) is 22.7 Å². The fourth-order valence-corrected chi connectivity index (χ4v) is 3.04. The molecule has 0 aliphatic heterocycles. The number of nitro groups is 1. The number of nitrogens with zero attached hydrogens (tertiary/aromatic N) is 4. The average Bonchev–Trinajstić information content (AvgIpc) is 2.79. The molecule has 1 N–H and O–H groups in total. The number of pyridine rings is 1. The summed E-state index contributed by atoms with van der Waals surface area (Å²) in [6, 6.07) is 15.3. The maximum Gasteiger partial charge on any atom is 0.313 e. The van der Waals surface area contributed by atoms with Gasteiger partial charge in [-0.2, -0.15) is 10.4 Å². The normalized spacial score (nSPS) is 10.5. The quantitative estimate of drug-likeness (QED) is 0.277. The van der Waals surface area contributed by atoms with Crippen molar-refractivity contribution in [3.8, 4) is 17.6 Å². The van der Waals surface area contributed by atoms with Crippen LogP contribution < -0.4 is 14.9 Å². The molecule has 1 heterocycles. The topological polar surface area (TPSA) is 123 Å². The highest BCUT2D eigenvalue weighted by Gasteiger charge is 2.15. The Bertz CT molecular complexity index is 1190. The minimum absolute atomic E-state index is 0.0148. The van der Waals surface area contributed by atoms with Gasteiger partial charge in [0.2, 0.25) is 5.82 Å². The number of benzene rings is 2. The number of halogens is 1. The Morgan fingerprint density at radius 3 is 2.84 bits per heavy atom. The summed E-state index contributed by atoms with van der Waals surface area (Å²) in [5.41, 5.74) is 4.18. The molecule has 0 bridgehead atoms. The summed E-state index contributed by atoms with van der Waals surface area (Å²) in [6.45, 7) is 2.34. The van der Waals surface area contributed by atoms with Crippen LogP contribution in [0, 0.1) is 21.4 Å². The van der Waals surface area contributed by atoms with Gasteiger partial charge in [0, 0.05) is 17.8 Å². The van der Waals surface area contributed by atoms with E-state index in [0.717, 1.165) is 5.56 Å². The van der Waals surface area contributed by atoms with E-state index in [1.807, 2.05) is 13.0 Å². The fraction of sp³-hybridized carbons (Fsp3) is 0.136. The molecular formula is C22H18ClN5O4. The van der Waals surface area contributed by atoms with Gasteiger partial charge in [0.1, 0.15) is 6.61 Å². The average molecular weight is 452 g/mol. The van der Waals surface area contributed by atoms with Gasteiger partial charge >= 0.3 is 5.69 Å². The number of aromatic nitrogens is 1. The Kier molecular flexibility index (Phi) is 7.56. The molecule has 0 fully saturated rings. The summed E-state index contributed by atoms with van der Waals surface area (Å²) in [5, 5.41) is 24.6. The van der Waals surface area contributed by atoms with Gasteiger partial charge in [0.15, 0.2) is 11.5 Å². The first-order valence-electron chi connectivity index (χ1n) is 9.49. The van der Waals surface area contributed by atoms with Crippen molar-refractivity contribution >= 4 is 29.3 Å². The van der Waals surface area contributed by atoms with Crippen LogP contribution in [0.2, 0.25) is 5.02 Å². The number of ether oxygens (including phenoxy) is 2. The molecule has 0 spiro atoms. The lowest BCUT2D eigenvalue weighted by Crippen LogP contribution is -2.03. The van der Waals surface area contributed by atoms with Gasteiger partial charge in [-0.3, -0.25) is 15.5 Å². The number of hydrogen-bond acceptors (Lipinski definition) is 8. The Morgan fingerprint density at radius 1 is 1.28 bits per heavy atom. The largest absolute Gasteiger partial charge is 0.490 e. The molecule has 2 aromatic carbocycles. The Morgan fingerprint density at radius 2 is 2.09 bits per heavy atom. The van der Waals surface area contributed by atoms with Crippen molar-refractivity contribution in [1.29, 1.82) is 5.26 Å². The first-order valence-corrected chi connectivity index (χ1v) is 9.87. The third-order valence-corrected chi connectivity index (χ3v) is 4.49. The zero-order valence-electron chi connectivity index (χ0n) is 17.0. The van der Waals surface area contributed by atoms with Crippen LogP contribution in [0.1, 0.15) is 23.6 Å². The number of hydrazone groups is 1. The van der Waals surface area contributed by atoms with E-state index in [0.29, 0.717) is 29.2 Å². The van der Waals surface area contributed by atoms with Crippen molar-refractivity contribution in [1.82, 2.24) is 4.98 Å². The molecule has 0 unspecified atom stereocenters. The lowest BCUT2D eigenvalue weighted by Gasteiger charge is -2.15. The van der Waals surface area contributed by atoms with Gasteiger partial charge in [0.05, 0.1) is 34.4 Å². The van der Waals surface area contributed by atoms with Crippen molar-refractivity contribution in [2.45, 2.75) is 13.5 Å². The zero-order chi connectivity index (χ0) is 22.9. The molecule has 162 valence electrons. The SMILES string of the molecule is CCOc1cc(/C=N\Nc2ncccc2[N+](=O)[O-])cc(Cl)c1OCc1ccccc1C#N. The third-order valence-electron chi connectivity index (χ3n) is 4.21. The molecule has 1 aromatic heterocycles. The van der Waals surface area contributed by atoms with Crippen LogP contribution in [0.25, 0.3) is 0 Å². The third kappa shape index (κ3) is 5.50. The number of nitriles is 1. The predicted molar refractivity (Wildman–Crippen MR) is 120 cm³/mol. The molecule has 0 amide bonds. The number of anilines is 1. The minimum Gasteiger partial charge on any atom is -0.490 e. The molecular weight excluding hydrogens is 434 g/mol. The van der Waals surface area contributed by atoms with E-state index in [1.165, 1.54) is 24.5 Å². The molecule has 9 nitrogen and oxygen atoms in total. The molecule has 0 saturated carbocycles. The Hall–Kier alpha value is -4.16. The number of rotatable bonds is 9. The Labute approximate surface area is 189 Å². The van der Waals surface area contributed by atoms with Crippen LogP contribution in [0.15, 0.2) is 59.8 Å². The lowest BCUT2D eigenvalue weighted by molar-refractivity contribution is -0.384. The van der Waals surface area contributed by atoms with Gasteiger partial charge in [-0.15, -0.1) is 0 Å². The van der Waals surface area contributed by atoms with Gasteiger partial charge in [0.25, 0.3) is 0 Å². The summed E-state index contributed by atoms with van der Waals surface area (Å²) in [4.78, 5) is 14.4. The standard InChI is InChI=1S/C22H18ClN5O4/c1-2-31-20-11-15(13-26-27-22-19(28(29)30)8-5-9-25-22)10-18(23)21(20)32-14-17-7-4-3-6-16(17)12-24/h3-11,13H,2,14H2,1H3,(H,25,27)/b26-13-. The van der Waals surface area contributed by atoms with Gasteiger partial charge in [-0.1, -0.05) is 29.8 Å². The highest BCUT2D eigenvalue weighted by Crippen LogP contribution is 2.37. The van der Waals surface area contributed by atoms with E-state index in [4.69, 9.17) is 21.1 Å². The van der Waals surface area contributed by atoms with E-state index < -0.39 is 4.92 Å². The maximum atomic E-state index is 11.1. The smallest absolute Gasteiger partial charge is 0.313 e. The summed E-state index contributed by atoms with van der Waals surface area (Å²) < 4.78 is 11.5. The molecule has 3 aromatic rings. The maximum absolute atomic E-state index is 11.1. The van der Waals surface area contributed by atoms with Crippen molar-refractivity contribution < 1.29 is 14.4 Å². The van der Waals surface area contributed by atoms with Gasteiger partial charge < -0.3 is 9.47 Å². The van der Waals surface area contributed by atoms with Crippen LogP contribution in [-0.2, 0) is 6.61 Å². The molecule has 32 heavy (non-hydrogen) atoms. The van der Waals surface area contributed by atoms with E-state index in [9.17, 15) is 15.4 Å². The molecule has 0 aliphatic rings. The predicted octanol–water partition coefficient (Wildman–Crippen LogP) is 4.94. The summed E-state index contributed by atoms with van der Waals surface area (Å²) >= 11 is 6.42. The van der Waals surface area contributed by atoms with Crippen LogP contribution in [0.4, 0.5) is 11.5 Å². The molecule has 0 saturated heterocycles. The van der Waals surface area contributed by atoms with Crippen molar-refractivity contribution in [2.24, 2.45) is 5.10 Å². The van der Waals surface area contributed by atoms with Crippen molar-refractivity contribution in [3.63, 3.8) is 0 Å². The fourth-order valence-electron chi connectivity index (χ4n) is 2.77. The van der Waals surface area contributed by atoms with Crippen LogP contribution in [0.5, 0.6) is 11.5 Å². The molecule has 10 heteroatoms. The second-order valence-electron chi connectivity index (χ2n) is 6.32. The summed E-state index contributed by atoms with van der Waals surface area (Å²) in [5.74, 6) is 0.757. The molecule has 0 aliphatic carbocycles. The van der Waals surface area contributed by atoms with Gasteiger partial charge in [-0.05, 0) is 36.8 Å². The summed E-state index contributed by atoms with van der Waals surface area (Å²) in [6.07, 6.45) is 2.85. The number of nitrogens with one attached hydrogen (secondary N) is 1. The lowest BCUT2D eigenvalue weighted by atomic mass is 10.1. The van der Waals surface area contributed by atoms with Crippen molar-refractivity contribution in [2.75, 3.05) is 12.0 Å². The molecule has 0 atom stereocenters. The first kappa shape index (κ1) is 22.5. The Balaban J connectivity index is 1.80. The van der Waals surface area contributed by atoms with E-state index in [1.54, 1.807) is 30.3 Å². The zero-order valence-corrected chi connectivity index (χ0v) is 17.7. The van der Waals surface area contributed by atoms with Gasteiger partial charge in [-0.25, -0.2) is 4.98 Å².